The number of halogens is 1. The molecule has 0 aliphatic rings. The fourth-order valence-electron chi connectivity index (χ4n) is 1.52. The van der Waals surface area contributed by atoms with Crippen LogP contribution in [0.3, 0.4) is 0 Å². The molecule has 90 valence electrons. The first-order valence-corrected chi connectivity index (χ1v) is 6.72. The van der Waals surface area contributed by atoms with E-state index in [0.717, 1.165) is 21.9 Å². The van der Waals surface area contributed by atoms with E-state index in [2.05, 4.69) is 6.07 Å². The fraction of sp³-hybridized carbons (Fsp3) is 0.0714. The van der Waals surface area contributed by atoms with Gasteiger partial charge in [-0.1, -0.05) is 23.7 Å². The average Bonchev–Trinajstić information content (AvgIpc) is 2.40. The predicted molar refractivity (Wildman–Crippen MR) is 76.6 cm³/mol. The topological polar surface area (TPSA) is 49.8 Å². The molecule has 2 nitrogen and oxygen atoms in total. The lowest BCUT2D eigenvalue weighted by atomic mass is 10.2. The van der Waals surface area contributed by atoms with Gasteiger partial charge in [-0.3, -0.25) is 0 Å². The van der Waals surface area contributed by atoms with Crippen molar-refractivity contribution in [2.24, 2.45) is 0 Å². The Kier molecular flexibility index (Phi) is 4.14. The monoisotopic (exact) mass is 274 g/mol. The van der Waals surface area contributed by atoms with E-state index in [9.17, 15) is 0 Å². The van der Waals surface area contributed by atoms with Crippen LogP contribution in [0.15, 0.2) is 47.4 Å². The van der Waals surface area contributed by atoms with Crippen LogP contribution in [0.4, 0.5) is 5.69 Å². The van der Waals surface area contributed by atoms with Crippen LogP contribution >= 0.6 is 23.4 Å². The molecule has 0 aliphatic heterocycles. The standard InChI is InChI=1S/C14H11ClN2S/c15-12-4-5-13(17)14(7-12)18-9-11-3-1-2-10(6-11)8-16/h1-7H,9,17H2. The maximum Gasteiger partial charge on any atom is 0.0991 e. The van der Waals surface area contributed by atoms with Crippen molar-refractivity contribution in [2.45, 2.75) is 10.6 Å². The number of nitriles is 1. The fourth-order valence-corrected chi connectivity index (χ4v) is 2.71. The van der Waals surface area contributed by atoms with Gasteiger partial charge in [-0.15, -0.1) is 11.8 Å². The molecule has 2 aromatic rings. The lowest BCUT2D eigenvalue weighted by molar-refractivity contribution is 1.36. The summed E-state index contributed by atoms with van der Waals surface area (Å²) in [6, 6.07) is 15.1. The molecule has 0 heterocycles. The molecule has 0 amide bonds. The third-order valence-electron chi connectivity index (χ3n) is 2.43. The van der Waals surface area contributed by atoms with Gasteiger partial charge in [0.2, 0.25) is 0 Å². The van der Waals surface area contributed by atoms with Crippen molar-refractivity contribution in [3.63, 3.8) is 0 Å². The quantitative estimate of drug-likeness (QED) is 0.677. The number of nitrogens with two attached hydrogens (primary N) is 1. The van der Waals surface area contributed by atoms with Crippen LogP contribution < -0.4 is 5.73 Å². The highest BCUT2D eigenvalue weighted by Crippen LogP contribution is 2.30. The predicted octanol–water partition coefficient (Wildman–Crippen LogP) is 4.09. The molecule has 0 aliphatic carbocycles. The Morgan fingerprint density at radius 1 is 1.22 bits per heavy atom. The number of anilines is 1. The first-order chi connectivity index (χ1) is 8.69. The molecular formula is C14H11ClN2S. The third kappa shape index (κ3) is 3.19. The Balaban J connectivity index is 2.11. The average molecular weight is 275 g/mol. The van der Waals surface area contributed by atoms with Gasteiger partial charge in [-0.05, 0) is 35.9 Å². The molecule has 0 aromatic heterocycles. The number of thioether (sulfide) groups is 1. The lowest BCUT2D eigenvalue weighted by Gasteiger charge is -2.06. The largest absolute Gasteiger partial charge is 0.398 e. The van der Waals surface area contributed by atoms with Gasteiger partial charge in [0.25, 0.3) is 0 Å². The Hall–Kier alpha value is -1.63. The second-order valence-corrected chi connectivity index (χ2v) is 5.24. The van der Waals surface area contributed by atoms with E-state index in [4.69, 9.17) is 22.6 Å². The van der Waals surface area contributed by atoms with Gasteiger partial charge in [0.15, 0.2) is 0 Å². The maximum atomic E-state index is 8.83. The molecule has 0 unspecified atom stereocenters. The molecule has 0 fully saturated rings. The number of nitrogens with zero attached hydrogens (tertiary/aromatic N) is 1. The second-order valence-electron chi connectivity index (χ2n) is 3.78. The van der Waals surface area contributed by atoms with Gasteiger partial charge in [0, 0.05) is 21.4 Å². The van der Waals surface area contributed by atoms with Crippen LogP contribution in [0.2, 0.25) is 5.02 Å². The Bertz CT molecular complexity index is 605. The summed E-state index contributed by atoms with van der Waals surface area (Å²) >= 11 is 7.55. The molecule has 0 saturated carbocycles. The molecule has 0 atom stereocenters. The Morgan fingerprint density at radius 3 is 2.83 bits per heavy atom. The van der Waals surface area contributed by atoms with Crippen LogP contribution in [0.1, 0.15) is 11.1 Å². The lowest BCUT2D eigenvalue weighted by Crippen LogP contribution is -1.89. The molecule has 18 heavy (non-hydrogen) atoms. The molecule has 4 heteroatoms. The zero-order chi connectivity index (χ0) is 13.0. The van der Waals surface area contributed by atoms with E-state index < -0.39 is 0 Å². The van der Waals surface area contributed by atoms with Crippen LogP contribution in [0.5, 0.6) is 0 Å². The zero-order valence-electron chi connectivity index (χ0n) is 9.56. The molecular weight excluding hydrogens is 264 g/mol. The van der Waals surface area contributed by atoms with Crippen molar-refractivity contribution in [2.75, 3.05) is 5.73 Å². The summed E-state index contributed by atoms with van der Waals surface area (Å²) < 4.78 is 0. The summed E-state index contributed by atoms with van der Waals surface area (Å²) in [5.41, 5.74) is 8.37. The first kappa shape index (κ1) is 12.8. The summed E-state index contributed by atoms with van der Waals surface area (Å²) in [7, 11) is 0. The highest BCUT2D eigenvalue weighted by Gasteiger charge is 2.02. The van der Waals surface area contributed by atoms with E-state index in [0.29, 0.717) is 10.6 Å². The molecule has 0 radical (unpaired) electrons. The van der Waals surface area contributed by atoms with Crippen molar-refractivity contribution in [1.29, 1.82) is 5.26 Å². The molecule has 0 saturated heterocycles. The van der Waals surface area contributed by atoms with E-state index in [1.165, 1.54) is 0 Å². The molecule has 0 bridgehead atoms. The van der Waals surface area contributed by atoms with E-state index in [-0.39, 0.29) is 0 Å². The van der Waals surface area contributed by atoms with E-state index >= 15 is 0 Å². The highest BCUT2D eigenvalue weighted by molar-refractivity contribution is 7.98. The summed E-state index contributed by atoms with van der Waals surface area (Å²) in [6.07, 6.45) is 0. The van der Waals surface area contributed by atoms with Crippen LogP contribution in [0.25, 0.3) is 0 Å². The Labute approximate surface area is 115 Å². The van der Waals surface area contributed by atoms with Crippen molar-refractivity contribution < 1.29 is 0 Å². The molecule has 2 rings (SSSR count). The smallest absolute Gasteiger partial charge is 0.0991 e. The maximum absolute atomic E-state index is 8.83. The first-order valence-electron chi connectivity index (χ1n) is 5.36. The summed E-state index contributed by atoms with van der Waals surface area (Å²) in [5.74, 6) is 0.764. The van der Waals surface area contributed by atoms with Gasteiger partial charge in [-0.2, -0.15) is 5.26 Å². The van der Waals surface area contributed by atoms with Gasteiger partial charge in [-0.25, -0.2) is 0 Å². The van der Waals surface area contributed by atoms with Crippen molar-refractivity contribution in [3.05, 3.63) is 58.6 Å². The summed E-state index contributed by atoms with van der Waals surface area (Å²) in [6.45, 7) is 0. The summed E-state index contributed by atoms with van der Waals surface area (Å²) in [5, 5.41) is 9.51. The van der Waals surface area contributed by atoms with Crippen LogP contribution in [-0.4, -0.2) is 0 Å². The third-order valence-corrected chi connectivity index (χ3v) is 3.80. The van der Waals surface area contributed by atoms with Crippen LogP contribution in [0, 0.1) is 11.3 Å². The van der Waals surface area contributed by atoms with Crippen molar-refractivity contribution in [3.8, 4) is 6.07 Å². The van der Waals surface area contributed by atoms with Crippen molar-refractivity contribution >= 4 is 29.1 Å². The molecule has 0 spiro atoms. The number of rotatable bonds is 3. The van der Waals surface area contributed by atoms with Crippen LogP contribution in [-0.2, 0) is 5.75 Å². The number of hydrogen-bond acceptors (Lipinski definition) is 3. The highest BCUT2D eigenvalue weighted by atomic mass is 35.5. The number of benzene rings is 2. The van der Waals surface area contributed by atoms with Gasteiger partial charge in [0.1, 0.15) is 0 Å². The molecule has 2 N–H and O–H groups in total. The second kappa shape index (κ2) is 5.81. The minimum absolute atomic E-state index is 0.673. The van der Waals surface area contributed by atoms with E-state index in [1.807, 2.05) is 24.3 Å². The zero-order valence-corrected chi connectivity index (χ0v) is 11.1. The minimum atomic E-state index is 0.673. The Morgan fingerprint density at radius 2 is 2.06 bits per heavy atom. The van der Waals surface area contributed by atoms with E-state index in [1.54, 1.807) is 30.0 Å². The molecule has 2 aromatic carbocycles. The van der Waals surface area contributed by atoms with Gasteiger partial charge >= 0.3 is 0 Å². The van der Waals surface area contributed by atoms with Gasteiger partial charge in [0.05, 0.1) is 11.6 Å². The van der Waals surface area contributed by atoms with Crippen molar-refractivity contribution in [1.82, 2.24) is 0 Å². The number of hydrogen-bond donors (Lipinski definition) is 1. The number of nitrogen functional groups attached to an aromatic ring is 1. The van der Waals surface area contributed by atoms with Gasteiger partial charge < -0.3 is 5.73 Å². The normalized spacial score (nSPS) is 10.0. The SMILES string of the molecule is N#Cc1cccc(CSc2cc(Cl)ccc2N)c1. The minimum Gasteiger partial charge on any atom is -0.398 e. The summed E-state index contributed by atoms with van der Waals surface area (Å²) in [4.78, 5) is 0.963.